The van der Waals surface area contributed by atoms with Gasteiger partial charge in [-0.2, -0.15) is 0 Å². The molecule has 1 fully saturated rings. The number of likely N-dealkylation sites (tertiary alicyclic amines) is 1. The van der Waals surface area contributed by atoms with Crippen LogP contribution in [0.3, 0.4) is 0 Å². The van der Waals surface area contributed by atoms with Gasteiger partial charge in [0, 0.05) is 4.88 Å². The largest absolute Gasteiger partial charge is 0.326 e. The third-order valence-corrected chi connectivity index (χ3v) is 5.93. The molecule has 2 aromatic rings. The van der Waals surface area contributed by atoms with E-state index >= 15 is 0 Å². The standard InChI is InChI=1S/C16H23N3OS/c1-10-12(3)21-16-13(10)15(20)17-14(18-16)11(2)19-8-6-4-5-7-9-19/h11H,4-9H2,1-3H3,(H,17,18,20)/p+1/t11-/m1/s1. The number of nitrogens with zero attached hydrogens (tertiary/aromatic N) is 1. The number of quaternary nitrogens is 1. The van der Waals surface area contributed by atoms with Crippen molar-refractivity contribution < 1.29 is 4.90 Å². The van der Waals surface area contributed by atoms with Crippen molar-refractivity contribution in [3.8, 4) is 0 Å². The normalized spacial score (nSPS) is 18.8. The number of aromatic nitrogens is 2. The molecule has 3 rings (SSSR count). The van der Waals surface area contributed by atoms with Crippen LogP contribution in [0, 0.1) is 13.8 Å². The summed E-state index contributed by atoms with van der Waals surface area (Å²) in [7, 11) is 0. The van der Waals surface area contributed by atoms with Crippen molar-refractivity contribution in [3.63, 3.8) is 0 Å². The first-order valence-electron chi connectivity index (χ1n) is 7.92. The molecule has 1 atom stereocenters. The molecule has 1 saturated heterocycles. The number of nitrogens with one attached hydrogen (secondary N) is 2. The Kier molecular flexibility index (Phi) is 4.13. The van der Waals surface area contributed by atoms with E-state index in [1.54, 1.807) is 16.2 Å². The van der Waals surface area contributed by atoms with Crippen molar-refractivity contribution in [1.29, 1.82) is 0 Å². The molecular formula is C16H24N3OS+. The van der Waals surface area contributed by atoms with Gasteiger partial charge >= 0.3 is 0 Å². The molecule has 0 aromatic carbocycles. The van der Waals surface area contributed by atoms with Gasteiger partial charge in [-0.05, 0) is 52.0 Å². The summed E-state index contributed by atoms with van der Waals surface area (Å²) in [6.45, 7) is 8.63. The van der Waals surface area contributed by atoms with Crippen molar-refractivity contribution >= 4 is 21.6 Å². The van der Waals surface area contributed by atoms with Crippen LogP contribution in [0.4, 0.5) is 0 Å². The first-order valence-corrected chi connectivity index (χ1v) is 8.74. The second-order valence-electron chi connectivity index (χ2n) is 6.21. The van der Waals surface area contributed by atoms with E-state index in [0.29, 0.717) is 0 Å². The predicted molar refractivity (Wildman–Crippen MR) is 87.3 cm³/mol. The Hall–Kier alpha value is -1.20. The third kappa shape index (κ3) is 2.77. The fourth-order valence-electron chi connectivity index (χ4n) is 3.29. The molecular weight excluding hydrogens is 282 g/mol. The van der Waals surface area contributed by atoms with Gasteiger partial charge in [-0.1, -0.05) is 0 Å². The summed E-state index contributed by atoms with van der Waals surface area (Å²) in [6, 6.07) is 0.267. The van der Waals surface area contributed by atoms with Crippen molar-refractivity contribution in [2.45, 2.75) is 52.5 Å². The molecule has 114 valence electrons. The number of aromatic amines is 1. The Labute approximate surface area is 129 Å². The summed E-state index contributed by atoms with van der Waals surface area (Å²) < 4.78 is 0. The maximum atomic E-state index is 12.4. The van der Waals surface area contributed by atoms with Gasteiger partial charge in [-0.15, -0.1) is 11.3 Å². The minimum Gasteiger partial charge on any atom is -0.326 e. The Balaban J connectivity index is 1.98. The van der Waals surface area contributed by atoms with Crippen LogP contribution in [0.5, 0.6) is 0 Å². The molecule has 0 bridgehead atoms. The number of hydrogen-bond donors (Lipinski definition) is 2. The van der Waals surface area contributed by atoms with Gasteiger partial charge < -0.3 is 9.88 Å². The number of H-pyrrole nitrogens is 1. The van der Waals surface area contributed by atoms with Crippen molar-refractivity contribution in [1.82, 2.24) is 9.97 Å². The van der Waals surface area contributed by atoms with Crippen LogP contribution in [0.25, 0.3) is 10.2 Å². The smallest absolute Gasteiger partial charge is 0.260 e. The summed E-state index contributed by atoms with van der Waals surface area (Å²) in [4.78, 5) is 23.8. The Bertz CT molecular complexity index is 695. The van der Waals surface area contributed by atoms with E-state index in [-0.39, 0.29) is 11.6 Å². The van der Waals surface area contributed by atoms with E-state index in [2.05, 4.69) is 18.8 Å². The molecule has 0 unspecified atom stereocenters. The summed E-state index contributed by atoms with van der Waals surface area (Å²) in [6.07, 6.45) is 5.23. The number of fused-ring (bicyclic) bond motifs is 1. The maximum absolute atomic E-state index is 12.4. The van der Waals surface area contributed by atoms with Gasteiger partial charge in [-0.3, -0.25) is 4.79 Å². The lowest BCUT2D eigenvalue weighted by Crippen LogP contribution is -3.11. The van der Waals surface area contributed by atoms with Crippen LogP contribution >= 0.6 is 11.3 Å². The monoisotopic (exact) mass is 306 g/mol. The summed E-state index contributed by atoms with van der Waals surface area (Å²) in [5, 5.41) is 0.777. The molecule has 3 heterocycles. The van der Waals surface area contributed by atoms with Gasteiger partial charge in [0.2, 0.25) is 0 Å². The zero-order chi connectivity index (χ0) is 15.0. The molecule has 1 aliphatic heterocycles. The zero-order valence-corrected chi connectivity index (χ0v) is 13.9. The Morgan fingerprint density at radius 2 is 1.86 bits per heavy atom. The first-order chi connectivity index (χ1) is 10.1. The molecule has 1 aliphatic rings. The van der Waals surface area contributed by atoms with Gasteiger partial charge in [0.1, 0.15) is 10.9 Å². The van der Waals surface area contributed by atoms with Crippen molar-refractivity contribution in [2.24, 2.45) is 0 Å². The van der Waals surface area contributed by atoms with E-state index < -0.39 is 0 Å². The molecule has 4 nitrogen and oxygen atoms in total. The van der Waals surface area contributed by atoms with Gasteiger partial charge in [0.25, 0.3) is 5.56 Å². The van der Waals surface area contributed by atoms with Crippen LogP contribution in [0.15, 0.2) is 4.79 Å². The lowest BCUT2D eigenvalue weighted by Gasteiger charge is -2.23. The third-order valence-electron chi connectivity index (χ3n) is 4.83. The summed E-state index contributed by atoms with van der Waals surface area (Å²) >= 11 is 1.63. The highest BCUT2D eigenvalue weighted by molar-refractivity contribution is 7.18. The molecule has 2 aromatic heterocycles. The summed E-state index contributed by atoms with van der Waals surface area (Å²) in [5.74, 6) is 0.852. The van der Waals surface area contributed by atoms with Crippen molar-refractivity contribution in [3.05, 3.63) is 26.6 Å². The average molecular weight is 306 g/mol. The topological polar surface area (TPSA) is 50.2 Å². The van der Waals surface area contributed by atoms with Crippen LogP contribution in [0.1, 0.15) is 54.9 Å². The fourth-order valence-corrected chi connectivity index (χ4v) is 4.32. The van der Waals surface area contributed by atoms with E-state index in [0.717, 1.165) is 21.6 Å². The highest BCUT2D eigenvalue weighted by Crippen LogP contribution is 2.26. The molecule has 2 N–H and O–H groups in total. The summed E-state index contributed by atoms with van der Waals surface area (Å²) in [5.41, 5.74) is 1.10. The second-order valence-corrected chi connectivity index (χ2v) is 7.41. The molecule has 0 saturated carbocycles. The Morgan fingerprint density at radius 3 is 2.52 bits per heavy atom. The van der Waals surface area contributed by atoms with E-state index in [9.17, 15) is 4.79 Å². The Morgan fingerprint density at radius 1 is 1.19 bits per heavy atom. The number of hydrogen-bond acceptors (Lipinski definition) is 3. The van der Waals surface area contributed by atoms with Crippen LogP contribution in [-0.2, 0) is 0 Å². The highest BCUT2D eigenvalue weighted by atomic mass is 32.1. The predicted octanol–water partition coefficient (Wildman–Crippen LogP) is 2.12. The van der Waals surface area contributed by atoms with Crippen LogP contribution in [-0.4, -0.2) is 23.1 Å². The molecule has 0 spiro atoms. The van der Waals surface area contributed by atoms with Crippen LogP contribution in [0.2, 0.25) is 0 Å². The molecule has 0 amide bonds. The number of aryl methyl sites for hydroxylation is 2. The average Bonchev–Trinajstić information content (AvgIpc) is 2.67. The van der Waals surface area contributed by atoms with Gasteiger partial charge in [-0.25, -0.2) is 4.98 Å². The molecule has 0 aliphatic carbocycles. The van der Waals surface area contributed by atoms with E-state index in [4.69, 9.17) is 4.98 Å². The van der Waals surface area contributed by atoms with Crippen molar-refractivity contribution in [2.75, 3.05) is 13.1 Å². The lowest BCUT2D eigenvalue weighted by atomic mass is 10.2. The maximum Gasteiger partial charge on any atom is 0.260 e. The SMILES string of the molecule is Cc1sc2nc([C@@H](C)[NH+]3CCCCCC3)[nH]c(=O)c2c1C. The van der Waals surface area contributed by atoms with Gasteiger partial charge in [0.15, 0.2) is 5.82 Å². The van der Waals surface area contributed by atoms with Crippen LogP contribution < -0.4 is 10.5 Å². The minimum absolute atomic E-state index is 0.0259. The fraction of sp³-hybridized carbons (Fsp3) is 0.625. The molecule has 21 heavy (non-hydrogen) atoms. The van der Waals surface area contributed by atoms with E-state index in [1.165, 1.54) is 43.6 Å². The lowest BCUT2D eigenvalue weighted by molar-refractivity contribution is -0.929. The molecule has 5 heteroatoms. The van der Waals surface area contributed by atoms with Gasteiger partial charge in [0.05, 0.1) is 18.5 Å². The quantitative estimate of drug-likeness (QED) is 0.893. The number of thiophene rings is 1. The molecule has 0 radical (unpaired) electrons. The first kappa shape index (κ1) is 14.7. The number of rotatable bonds is 2. The zero-order valence-electron chi connectivity index (χ0n) is 13.1. The second kappa shape index (κ2) is 5.89. The highest BCUT2D eigenvalue weighted by Gasteiger charge is 2.24. The minimum atomic E-state index is 0.0259. The van der Waals surface area contributed by atoms with E-state index in [1.807, 2.05) is 6.92 Å².